The zero-order chi connectivity index (χ0) is 25.3. The second-order valence-electron chi connectivity index (χ2n) is 13.2. The molecule has 2 N–H and O–H groups in total. The number of hydrogen-bond donors (Lipinski definition) is 2. The smallest absolute Gasteiger partial charge is 0.119 e. The van der Waals surface area contributed by atoms with Gasteiger partial charge < -0.3 is 10.2 Å². The van der Waals surface area contributed by atoms with Crippen LogP contribution in [0.15, 0.2) is 42.5 Å². The minimum Gasteiger partial charge on any atom is -0.508 e. The fourth-order valence-electron chi connectivity index (χ4n) is 5.09. The Hall–Kier alpha value is -1.80. The van der Waals surface area contributed by atoms with Gasteiger partial charge in [-0.05, 0) is 51.3 Å². The number of aryl methyl sites for hydroxylation is 1. The summed E-state index contributed by atoms with van der Waals surface area (Å²) in [5.74, 6) is 0.419. The second-order valence-corrected chi connectivity index (χ2v) is 13.2. The number of aromatic hydroxyl groups is 1. The molecule has 2 nitrogen and oxygen atoms in total. The van der Waals surface area contributed by atoms with Crippen LogP contribution >= 0.6 is 0 Å². The maximum Gasteiger partial charge on any atom is 0.119 e. The number of rotatable bonds is 1. The molecule has 2 aromatic carbocycles. The van der Waals surface area contributed by atoms with Crippen molar-refractivity contribution in [3.63, 3.8) is 0 Å². The lowest BCUT2D eigenvalue weighted by Crippen LogP contribution is -2.50. The standard InChI is InChI=1S/2C15H24O/c1-10-8-9-11(16)13(15(5,6)7)12(10)14(2,3)4;1-13(2,3)15(16,14(4,5)6)12-10-8-7-9-11-12/h8-9,16H,1-7H3;7-11,16H,1-6H3. The van der Waals surface area contributed by atoms with Crippen molar-refractivity contribution in [2.24, 2.45) is 10.8 Å². The lowest BCUT2D eigenvalue weighted by Gasteiger charge is -2.50. The minimum atomic E-state index is -0.832. The van der Waals surface area contributed by atoms with Crippen LogP contribution in [-0.4, -0.2) is 10.2 Å². The Morgan fingerprint density at radius 3 is 1.28 bits per heavy atom. The molecule has 0 amide bonds. The number of phenols is 1. The predicted molar refractivity (Wildman–Crippen MR) is 139 cm³/mol. The van der Waals surface area contributed by atoms with E-state index in [4.69, 9.17) is 0 Å². The first-order valence-electron chi connectivity index (χ1n) is 11.8. The molecule has 0 unspecified atom stereocenters. The highest BCUT2D eigenvalue weighted by Gasteiger charge is 2.50. The summed E-state index contributed by atoms with van der Waals surface area (Å²) in [5.41, 5.74) is 3.41. The molecule has 0 aromatic heterocycles. The van der Waals surface area contributed by atoms with E-state index in [1.807, 2.05) is 42.5 Å². The highest BCUT2D eigenvalue weighted by atomic mass is 16.3. The molecule has 180 valence electrons. The van der Waals surface area contributed by atoms with Gasteiger partial charge in [-0.3, -0.25) is 0 Å². The van der Waals surface area contributed by atoms with Gasteiger partial charge in [0.05, 0.1) is 5.60 Å². The van der Waals surface area contributed by atoms with Gasteiger partial charge in [0.2, 0.25) is 0 Å². The zero-order valence-corrected chi connectivity index (χ0v) is 22.9. The van der Waals surface area contributed by atoms with Crippen LogP contribution in [0, 0.1) is 17.8 Å². The maximum absolute atomic E-state index is 11.2. The van der Waals surface area contributed by atoms with Gasteiger partial charge in [-0.2, -0.15) is 0 Å². The highest BCUT2D eigenvalue weighted by Crippen LogP contribution is 2.51. The van der Waals surface area contributed by atoms with Gasteiger partial charge in [-0.1, -0.05) is 119 Å². The van der Waals surface area contributed by atoms with E-state index in [0.717, 1.165) is 11.1 Å². The summed E-state index contributed by atoms with van der Waals surface area (Å²) in [7, 11) is 0. The van der Waals surface area contributed by atoms with E-state index in [1.54, 1.807) is 0 Å². The molecule has 0 saturated carbocycles. The first-order chi connectivity index (χ1) is 14.2. The second kappa shape index (κ2) is 9.21. The van der Waals surface area contributed by atoms with E-state index in [2.05, 4.69) is 90.0 Å². The van der Waals surface area contributed by atoms with Gasteiger partial charge in [0.15, 0.2) is 0 Å². The summed E-state index contributed by atoms with van der Waals surface area (Å²) >= 11 is 0. The monoisotopic (exact) mass is 440 g/mol. The van der Waals surface area contributed by atoms with Crippen LogP contribution in [0.1, 0.15) is 105 Å². The third kappa shape index (κ3) is 5.95. The molecule has 0 aliphatic rings. The Balaban J connectivity index is 0.000000320. The van der Waals surface area contributed by atoms with Gasteiger partial charge in [-0.25, -0.2) is 0 Å². The molecule has 0 atom stereocenters. The van der Waals surface area contributed by atoms with Crippen LogP contribution in [0.4, 0.5) is 0 Å². The normalized spacial score (nSPS) is 13.4. The average Bonchev–Trinajstić information content (AvgIpc) is 2.60. The van der Waals surface area contributed by atoms with E-state index in [9.17, 15) is 10.2 Å². The van der Waals surface area contributed by atoms with E-state index >= 15 is 0 Å². The Morgan fingerprint density at radius 2 is 0.969 bits per heavy atom. The summed E-state index contributed by atoms with van der Waals surface area (Å²) < 4.78 is 0. The molecule has 0 saturated heterocycles. The number of benzene rings is 2. The zero-order valence-electron chi connectivity index (χ0n) is 22.9. The van der Waals surface area contributed by atoms with Crippen LogP contribution in [0.2, 0.25) is 0 Å². The van der Waals surface area contributed by atoms with Crippen molar-refractivity contribution in [3.8, 4) is 5.75 Å². The first kappa shape index (κ1) is 28.2. The quantitative estimate of drug-likeness (QED) is 0.468. The third-order valence-electron chi connectivity index (χ3n) is 6.25. The fourth-order valence-corrected chi connectivity index (χ4v) is 5.09. The van der Waals surface area contributed by atoms with Gasteiger partial charge in [0.1, 0.15) is 5.75 Å². The summed E-state index contributed by atoms with van der Waals surface area (Å²) in [6, 6.07) is 13.8. The molecular weight excluding hydrogens is 392 g/mol. The van der Waals surface area contributed by atoms with Gasteiger partial charge in [0.25, 0.3) is 0 Å². The first-order valence-corrected chi connectivity index (χ1v) is 11.8. The molecule has 0 radical (unpaired) electrons. The average molecular weight is 441 g/mol. The lowest BCUT2D eigenvalue weighted by atomic mass is 9.59. The van der Waals surface area contributed by atoms with E-state index in [1.165, 1.54) is 11.1 Å². The molecule has 0 aliphatic heterocycles. The molecule has 2 aromatic rings. The molecule has 0 spiro atoms. The number of aliphatic hydroxyl groups is 1. The van der Waals surface area contributed by atoms with Crippen molar-refractivity contribution >= 4 is 0 Å². The molecule has 32 heavy (non-hydrogen) atoms. The Labute approximate surface area is 198 Å². The van der Waals surface area contributed by atoms with Gasteiger partial charge in [0, 0.05) is 5.56 Å². The molecule has 2 heteroatoms. The van der Waals surface area contributed by atoms with Gasteiger partial charge in [-0.15, -0.1) is 0 Å². The van der Waals surface area contributed by atoms with E-state index < -0.39 is 5.60 Å². The summed E-state index contributed by atoms with van der Waals surface area (Å²) in [4.78, 5) is 0. The summed E-state index contributed by atoms with van der Waals surface area (Å²) in [5, 5.41) is 21.3. The maximum atomic E-state index is 11.2. The number of hydrogen-bond acceptors (Lipinski definition) is 2. The van der Waals surface area contributed by atoms with Crippen molar-refractivity contribution in [2.75, 3.05) is 0 Å². The van der Waals surface area contributed by atoms with Crippen LogP contribution in [-0.2, 0) is 16.4 Å². The molecule has 0 aliphatic carbocycles. The van der Waals surface area contributed by atoms with Crippen molar-refractivity contribution in [2.45, 2.75) is 106 Å². The molecule has 0 fully saturated rings. The van der Waals surface area contributed by atoms with Gasteiger partial charge >= 0.3 is 0 Å². The topological polar surface area (TPSA) is 40.5 Å². The molecule has 0 bridgehead atoms. The highest BCUT2D eigenvalue weighted by molar-refractivity contribution is 5.50. The van der Waals surface area contributed by atoms with Crippen molar-refractivity contribution < 1.29 is 10.2 Å². The van der Waals surface area contributed by atoms with Crippen LogP contribution in [0.25, 0.3) is 0 Å². The Morgan fingerprint density at radius 1 is 0.562 bits per heavy atom. The Bertz CT molecular complexity index is 827. The molecule has 0 heterocycles. The SMILES string of the molecule is CC(C)(C)C(O)(c1ccccc1)C(C)(C)C.Cc1ccc(O)c(C(C)(C)C)c1C(C)(C)C. The predicted octanol–water partition coefficient (Wildman–Crippen LogP) is 8.26. The lowest BCUT2D eigenvalue weighted by molar-refractivity contribution is -0.145. The van der Waals surface area contributed by atoms with Crippen LogP contribution in [0.5, 0.6) is 5.75 Å². The van der Waals surface area contributed by atoms with E-state index in [-0.39, 0.29) is 21.7 Å². The summed E-state index contributed by atoms with van der Waals surface area (Å²) in [6.45, 7) is 27.7. The van der Waals surface area contributed by atoms with Crippen molar-refractivity contribution in [1.29, 1.82) is 0 Å². The largest absolute Gasteiger partial charge is 0.508 e. The summed E-state index contributed by atoms with van der Waals surface area (Å²) in [6.07, 6.45) is 0. The van der Waals surface area contributed by atoms with Crippen LogP contribution < -0.4 is 0 Å². The number of phenolic OH excluding ortho intramolecular Hbond substituents is 1. The Kier molecular flexibility index (Phi) is 8.13. The van der Waals surface area contributed by atoms with E-state index in [0.29, 0.717) is 5.75 Å². The fraction of sp³-hybridized carbons (Fsp3) is 0.600. The van der Waals surface area contributed by atoms with Crippen molar-refractivity contribution in [1.82, 2.24) is 0 Å². The van der Waals surface area contributed by atoms with Crippen LogP contribution in [0.3, 0.4) is 0 Å². The third-order valence-corrected chi connectivity index (χ3v) is 6.25. The minimum absolute atomic E-state index is 0.0291. The molecular formula is C30H48O2. The molecule has 2 rings (SSSR count). The van der Waals surface area contributed by atoms with Crippen molar-refractivity contribution in [3.05, 3.63) is 64.7 Å².